The number of H-pyrrole nitrogens is 1. The summed E-state index contributed by atoms with van der Waals surface area (Å²) >= 11 is 0. The zero-order chi connectivity index (χ0) is 41.0. The van der Waals surface area contributed by atoms with E-state index in [0.717, 1.165) is 12.1 Å². The van der Waals surface area contributed by atoms with Crippen molar-refractivity contribution in [2.24, 2.45) is 0 Å². The molecule has 2 aliphatic rings. The van der Waals surface area contributed by atoms with Gasteiger partial charge in [-0.3, -0.25) is 9.59 Å². The molecule has 0 aliphatic carbocycles. The lowest BCUT2D eigenvalue weighted by Crippen LogP contribution is -2.24. The van der Waals surface area contributed by atoms with Gasteiger partial charge < -0.3 is 19.5 Å². The van der Waals surface area contributed by atoms with Gasteiger partial charge in [0.1, 0.15) is 29.0 Å². The van der Waals surface area contributed by atoms with Gasteiger partial charge in [0.15, 0.2) is 5.43 Å². The Kier molecular flexibility index (Phi) is 10.2. The normalized spacial score (nSPS) is 15.9. The van der Waals surface area contributed by atoms with Gasteiger partial charge in [-0.25, -0.2) is 40.1 Å². The highest BCUT2D eigenvalue weighted by atomic mass is 19.3. The third kappa shape index (κ3) is 8.00. The van der Waals surface area contributed by atoms with Crippen molar-refractivity contribution < 1.29 is 44.7 Å². The average Bonchev–Trinajstić information content (AvgIpc) is 3.70. The van der Waals surface area contributed by atoms with Crippen LogP contribution in [-0.4, -0.2) is 54.0 Å². The predicted molar refractivity (Wildman–Crippen MR) is 201 cm³/mol. The summed E-state index contributed by atoms with van der Waals surface area (Å²) < 4.78 is 115. The van der Waals surface area contributed by atoms with Crippen molar-refractivity contribution in [3.05, 3.63) is 117 Å². The Morgan fingerprint density at radius 1 is 0.719 bits per heavy atom. The van der Waals surface area contributed by atoms with Gasteiger partial charge in [-0.1, -0.05) is 24.3 Å². The largest absolute Gasteiger partial charge is 0.426 e. The third-order valence-electron chi connectivity index (χ3n) is 10.1. The number of carbonyl (C=O) groups is 1. The lowest BCUT2D eigenvalue weighted by atomic mass is 10.0. The second-order valence-electron chi connectivity index (χ2n) is 14.2. The molecule has 0 radical (unpaired) electrons. The maximum Gasteiger partial charge on any atom is 0.308 e. The molecule has 7 nitrogen and oxygen atoms in total. The van der Waals surface area contributed by atoms with Crippen molar-refractivity contribution in [1.82, 2.24) is 9.97 Å². The Labute approximate surface area is 320 Å². The molecule has 0 spiro atoms. The van der Waals surface area contributed by atoms with Crippen LogP contribution < -0.4 is 20.0 Å². The van der Waals surface area contributed by atoms with Gasteiger partial charge >= 0.3 is 5.97 Å². The number of halogens is 8. The number of pyridine rings is 2. The van der Waals surface area contributed by atoms with Crippen LogP contribution >= 0.6 is 0 Å². The number of aromatic amines is 1. The van der Waals surface area contributed by atoms with E-state index in [2.05, 4.69) is 9.97 Å². The maximum atomic E-state index is 14.4. The van der Waals surface area contributed by atoms with Gasteiger partial charge in [-0.05, 0) is 49.7 Å². The number of benzene rings is 4. The summed E-state index contributed by atoms with van der Waals surface area (Å²) in [6, 6.07) is 17.1. The number of hydrogen-bond acceptors (Lipinski definition) is 6. The summed E-state index contributed by atoms with van der Waals surface area (Å²) in [5.41, 5.74) is 3.62. The topological polar surface area (TPSA) is 78.5 Å². The van der Waals surface area contributed by atoms with Crippen LogP contribution in [0.15, 0.2) is 77.6 Å². The number of rotatable bonds is 5. The standard InChI is InChI=1S/C22H18F4N2O2.C20H16F4N2O/c1-12-20(14-3-5-16(6-4-14)28-8-7-22(25,26)11-28)27-18-10-15(23)9-17(24)19(18)21(12)30-13(2)29;1-11-18(25-16-9-13(21)8-15(22)17(16)19(11)27)12-2-4-14(5-3-12)26-7-6-20(23,24)10-26/h3-6,9-10H,7-8,11H2,1-2H3;2-5,8-9H,6-7,10H2,1H3,(H,25,27). The summed E-state index contributed by atoms with van der Waals surface area (Å²) in [6.45, 7) is 4.24. The molecule has 0 bridgehead atoms. The van der Waals surface area contributed by atoms with E-state index in [0.29, 0.717) is 57.1 Å². The van der Waals surface area contributed by atoms with E-state index in [1.54, 1.807) is 72.2 Å². The van der Waals surface area contributed by atoms with Crippen molar-refractivity contribution >= 4 is 39.1 Å². The summed E-state index contributed by atoms with van der Waals surface area (Å²) in [7, 11) is 0. The highest BCUT2D eigenvalue weighted by Crippen LogP contribution is 2.39. The number of fused-ring (bicyclic) bond motifs is 2. The van der Waals surface area contributed by atoms with Crippen LogP contribution in [0, 0.1) is 37.1 Å². The molecule has 8 rings (SSSR count). The molecule has 15 heteroatoms. The molecule has 6 aromatic rings. The molecular weight excluding hydrogens is 760 g/mol. The lowest BCUT2D eigenvalue weighted by Gasteiger charge is -2.19. The first-order chi connectivity index (χ1) is 26.9. The SMILES string of the molecule is CC(=O)Oc1c(C)c(-c2ccc(N3CCC(F)(F)C3)cc2)nc2cc(F)cc(F)c12.Cc1c(-c2ccc(N3CCC(F)(F)C3)cc2)[nH]c2cc(F)cc(F)c2c1=O. The molecule has 2 aliphatic heterocycles. The number of ether oxygens (including phenoxy) is 1. The van der Waals surface area contributed by atoms with Crippen LogP contribution in [0.3, 0.4) is 0 Å². The number of carbonyl (C=O) groups excluding carboxylic acids is 1. The van der Waals surface area contributed by atoms with Gasteiger partial charge in [-0.15, -0.1) is 0 Å². The number of aromatic nitrogens is 2. The van der Waals surface area contributed by atoms with Crippen LogP contribution in [0.1, 0.15) is 30.9 Å². The minimum atomic E-state index is -2.71. The molecule has 1 N–H and O–H groups in total. The monoisotopic (exact) mass is 794 g/mol. The molecule has 4 aromatic carbocycles. The maximum absolute atomic E-state index is 14.4. The van der Waals surface area contributed by atoms with Crippen LogP contribution in [0.5, 0.6) is 5.75 Å². The minimum absolute atomic E-state index is 0.00705. The predicted octanol–water partition coefficient (Wildman–Crippen LogP) is 9.89. The van der Waals surface area contributed by atoms with Crippen LogP contribution in [0.25, 0.3) is 44.3 Å². The number of esters is 1. The second-order valence-corrected chi connectivity index (χ2v) is 14.2. The molecule has 296 valence electrons. The Balaban J connectivity index is 0.000000175. The fraction of sp³-hybridized carbons (Fsp3) is 0.262. The fourth-order valence-corrected chi connectivity index (χ4v) is 7.23. The quantitative estimate of drug-likeness (QED) is 0.138. The van der Waals surface area contributed by atoms with E-state index in [9.17, 15) is 44.7 Å². The zero-order valence-electron chi connectivity index (χ0n) is 30.8. The van der Waals surface area contributed by atoms with E-state index in [4.69, 9.17) is 4.74 Å². The Morgan fingerprint density at radius 3 is 1.74 bits per heavy atom. The van der Waals surface area contributed by atoms with E-state index < -0.39 is 46.5 Å². The minimum Gasteiger partial charge on any atom is -0.426 e. The smallest absolute Gasteiger partial charge is 0.308 e. The first-order valence-electron chi connectivity index (χ1n) is 17.9. The van der Waals surface area contributed by atoms with Crippen LogP contribution in [0.4, 0.5) is 46.5 Å². The van der Waals surface area contributed by atoms with Crippen LogP contribution in [0.2, 0.25) is 0 Å². The van der Waals surface area contributed by atoms with Crippen molar-refractivity contribution in [3.63, 3.8) is 0 Å². The summed E-state index contributed by atoms with van der Waals surface area (Å²) in [5, 5.41) is -0.266. The van der Waals surface area contributed by atoms with E-state index >= 15 is 0 Å². The van der Waals surface area contributed by atoms with E-state index in [1.807, 2.05) is 0 Å². The Hall–Kier alpha value is -5.99. The molecule has 0 saturated carbocycles. The number of nitrogens with zero attached hydrogens (tertiary/aromatic N) is 3. The van der Waals surface area contributed by atoms with Gasteiger partial charge in [0, 0.05) is 79.1 Å². The molecule has 4 heterocycles. The van der Waals surface area contributed by atoms with Crippen molar-refractivity contribution in [2.75, 3.05) is 36.0 Å². The first kappa shape index (κ1) is 39.3. The highest BCUT2D eigenvalue weighted by molar-refractivity contribution is 5.93. The molecule has 57 heavy (non-hydrogen) atoms. The molecule has 0 amide bonds. The highest BCUT2D eigenvalue weighted by Gasteiger charge is 2.39. The summed E-state index contributed by atoms with van der Waals surface area (Å²) in [6.07, 6.45) is -0.369. The van der Waals surface area contributed by atoms with Gasteiger partial charge in [0.25, 0.3) is 11.8 Å². The Morgan fingerprint density at radius 2 is 1.23 bits per heavy atom. The zero-order valence-corrected chi connectivity index (χ0v) is 30.8. The number of hydrogen-bond donors (Lipinski definition) is 1. The lowest BCUT2D eigenvalue weighted by molar-refractivity contribution is -0.131. The fourth-order valence-electron chi connectivity index (χ4n) is 7.23. The van der Waals surface area contributed by atoms with E-state index in [-0.39, 0.29) is 66.6 Å². The number of nitrogens with one attached hydrogen (secondary N) is 1. The van der Waals surface area contributed by atoms with Gasteiger partial charge in [-0.2, -0.15) is 0 Å². The second kappa shape index (κ2) is 14.8. The van der Waals surface area contributed by atoms with Gasteiger partial charge in [0.05, 0.1) is 46.3 Å². The Bertz CT molecular complexity index is 2600. The van der Waals surface area contributed by atoms with Crippen molar-refractivity contribution in [2.45, 2.75) is 45.5 Å². The van der Waals surface area contributed by atoms with Gasteiger partial charge in [0.2, 0.25) is 0 Å². The third-order valence-corrected chi connectivity index (χ3v) is 10.1. The summed E-state index contributed by atoms with van der Waals surface area (Å²) in [4.78, 5) is 34.6. The number of alkyl halides is 4. The average molecular weight is 795 g/mol. The molecular formula is C42H34F8N4O3. The van der Waals surface area contributed by atoms with Crippen molar-refractivity contribution in [1.29, 1.82) is 0 Å². The number of anilines is 2. The van der Waals surface area contributed by atoms with Crippen LogP contribution in [-0.2, 0) is 4.79 Å². The molecule has 2 saturated heterocycles. The molecule has 0 unspecified atom stereocenters. The molecule has 2 aromatic heterocycles. The summed E-state index contributed by atoms with van der Waals surface area (Å²) in [5.74, 6) is -9.44. The molecule has 0 atom stereocenters. The van der Waals surface area contributed by atoms with E-state index in [1.165, 1.54) is 6.92 Å². The first-order valence-corrected chi connectivity index (χ1v) is 17.9. The van der Waals surface area contributed by atoms with Crippen molar-refractivity contribution in [3.8, 4) is 28.3 Å². The molecule has 2 fully saturated rings.